The Morgan fingerprint density at radius 3 is 2.58 bits per heavy atom. The lowest BCUT2D eigenvalue weighted by Crippen LogP contribution is -2.14. The smallest absolute Gasteiger partial charge is 0.236 e. The van der Waals surface area contributed by atoms with Gasteiger partial charge in [-0.3, -0.25) is 10.1 Å². The Kier molecular flexibility index (Phi) is 6.33. The molecule has 0 aliphatic carbocycles. The topological polar surface area (TPSA) is 85.6 Å². The number of hydrogen-bond acceptors (Lipinski definition) is 7. The minimum Gasteiger partial charge on any atom is -0.302 e. The van der Waals surface area contributed by atoms with Crippen molar-refractivity contribution in [3.8, 4) is 22.0 Å². The van der Waals surface area contributed by atoms with Crippen molar-refractivity contribution >= 4 is 34.1 Å². The summed E-state index contributed by atoms with van der Waals surface area (Å²) < 4.78 is 28.9. The van der Waals surface area contributed by atoms with Gasteiger partial charge in [0.15, 0.2) is 16.0 Å². The van der Waals surface area contributed by atoms with E-state index in [0.717, 1.165) is 16.9 Å². The maximum Gasteiger partial charge on any atom is 0.236 e. The van der Waals surface area contributed by atoms with Crippen LogP contribution in [0.1, 0.15) is 6.92 Å². The quantitative estimate of drug-likeness (QED) is 0.411. The molecule has 11 heteroatoms. The normalized spacial score (nSPS) is 10.9. The molecule has 0 fully saturated rings. The molecule has 0 saturated carbocycles. The van der Waals surface area contributed by atoms with Crippen molar-refractivity contribution < 1.29 is 13.6 Å². The summed E-state index contributed by atoms with van der Waals surface area (Å²) in [7, 11) is 0. The second-order valence-electron chi connectivity index (χ2n) is 6.29. The average molecular weight is 459 g/mol. The van der Waals surface area contributed by atoms with Gasteiger partial charge >= 0.3 is 0 Å². The van der Waals surface area contributed by atoms with E-state index >= 15 is 0 Å². The van der Waals surface area contributed by atoms with Crippen LogP contribution in [0.5, 0.6) is 0 Å². The number of thioether (sulfide) groups is 1. The molecule has 31 heavy (non-hydrogen) atoms. The number of aromatic nitrogens is 5. The fraction of sp³-hybridized carbons (Fsp3) is 0.150. The molecule has 0 unspecified atom stereocenters. The van der Waals surface area contributed by atoms with E-state index < -0.39 is 5.82 Å². The summed E-state index contributed by atoms with van der Waals surface area (Å²) in [6.45, 7) is 2.53. The summed E-state index contributed by atoms with van der Waals surface area (Å²) in [5, 5.41) is 20.1. The standard InChI is InChI=1S/C20H16F2N6OS2/c1-2-28-17(12-7-9-13(21)10-8-12)24-27-20(28)30-11-16(29)23-19-26-25-18(31-19)14-5-3-4-6-15(14)22/h3-10H,2,11H2,1H3,(H,23,26,29). The van der Waals surface area contributed by atoms with E-state index in [1.807, 2.05) is 11.5 Å². The lowest BCUT2D eigenvalue weighted by molar-refractivity contribution is -0.113. The van der Waals surface area contributed by atoms with Crippen LogP contribution in [0.3, 0.4) is 0 Å². The van der Waals surface area contributed by atoms with Crippen molar-refractivity contribution in [3.05, 3.63) is 60.2 Å². The average Bonchev–Trinajstić information content (AvgIpc) is 3.40. The Balaban J connectivity index is 1.40. The third kappa shape index (κ3) is 4.78. The van der Waals surface area contributed by atoms with Gasteiger partial charge in [0.25, 0.3) is 0 Å². The van der Waals surface area contributed by atoms with Gasteiger partial charge in [-0.05, 0) is 43.3 Å². The summed E-state index contributed by atoms with van der Waals surface area (Å²) in [6, 6.07) is 12.2. The third-order valence-electron chi connectivity index (χ3n) is 4.24. The Bertz CT molecular complexity index is 1210. The van der Waals surface area contributed by atoms with Gasteiger partial charge in [-0.2, -0.15) is 0 Å². The summed E-state index contributed by atoms with van der Waals surface area (Å²) in [5.41, 5.74) is 1.07. The molecule has 0 aliphatic heterocycles. The highest BCUT2D eigenvalue weighted by Crippen LogP contribution is 2.29. The van der Waals surface area contributed by atoms with Crippen LogP contribution in [0.2, 0.25) is 0 Å². The first-order valence-corrected chi connectivity index (χ1v) is 11.1. The minimum absolute atomic E-state index is 0.0795. The molecular weight excluding hydrogens is 442 g/mol. The number of benzene rings is 2. The molecular formula is C20H16F2N6OS2. The number of carbonyl (C=O) groups is 1. The minimum atomic E-state index is -0.400. The van der Waals surface area contributed by atoms with Gasteiger partial charge in [0.1, 0.15) is 11.6 Å². The zero-order valence-electron chi connectivity index (χ0n) is 16.2. The number of nitrogens with zero attached hydrogens (tertiary/aromatic N) is 5. The fourth-order valence-electron chi connectivity index (χ4n) is 2.80. The molecule has 0 spiro atoms. The van der Waals surface area contributed by atoms with Gasteiger partial charge in [0, 0.05) is 17.7 Å². The first-order chi connectivity index (χ1) is 15.0. The summed E-state index contributed by atoms with van der Waals surface area (Å²) >= 11 is 2.32. The van der Waals surface area contributed by atoms with E-state index in [4.69, 9.17) is 0 Å². The Labute approximate surface area is 184 Å². The molecule has 2 aromatic carbocycles. The monoisotopic (exact) mass is 458 g/mol. The molecule has 2 aromatic heterocycles. The van der Waals surface area contributed by atoms with Crippen LogP contribution < -0.4 is 5.32 Å². The van der Waals surface area contributed by atoms with Gasteiger partial charge in [0.2, 0.25) is 11.0 Å². The largest absolute Gasteiger partial charge is 0.302 e. The number of carbonyl (C=O) groups excluding carboxylic acids is 1. The van der Waals surface area contributed by atoms with Gasteiger partial charge < -0.3 is 4.57 Å². The number of halogens is 2. The number of nitrogens with one attached hydrogen (secondary N) is 1. The van der Waals surface area contributed by atoms with Crippen LogP contribution >= 0.6 is 23.1 Å². The molecule has 0 radical (unpaired) electrons. The third-order valence-corrected chi connectivity index (χ3v) is 6.08. The summed E-state index contributed by atoms with van der Waals surface area (Å²) in [6.07, 6.45) is 0. The highest BCUT2D eigenvalue weighted by atomic mass is 32.2. The van der Waals surface area contributed by atoms with Gasteiger partial charge in [-0.25, -0.2) is 8.78 Å². The molecule has 158 valence electrons. The zero-order chi connectivity index (χ0) is 21.8. The first kappa shape index (κ1) is 21.1. The SMILES string of the molecule is CCn1c(SCC(=O)Nc2nnc(-c3ccccc3F)s2)nnc1-c1ccc(F)cc1. The molecule has 4 rings (SSSR count). The molecule has 0 saturated heterocycles. The second kappa shape index (κ2) is 9.31. The summed E-state index contributed by atoms with van der Waals surface area (Å²) in [4.78, 5) is 12.3. The van der Waals surface area contributed by atoms with E-state index in [2.05, 4.69) is 25.7 Å². The first-order valence-electron chi connectivity index (χ1n) is 9.25. The Hall–Kier alpha value is -3.18. The van der Waals surface area contributed by atoms with Crippen LogP contribution in [0.15, 0.2) is 53.7 Å². The van der Waals surface area contributed by atoms with Crippen LogP contribution in [0.4, 0.5) is 13.9 Å². The molecule has 7 nitrogen and oxygen atoms in total. The molecule has 1 N–H and O–H groups in total. The molecule has 0 bridgehead atoms. The van der Waals surface area contributed by atoms with E-state index in [1.165, 1.54) is 30.0 Å². The van der Waals surface area contributed by atoms with Crippen molar-refractivity contribution in [1.29, 1.82) is 0 Å². The maximum absolute atomic E-state index is 13.9. The van der Waals surface area contributed by atoms with Crippen molar-refractivity contribution in [2.45, 2.75) is 18.6 Å². The number of anilines is 1. The van der Waals surface area contributed by atoms with Crippen LogP contribution in [0, 0.1) is 11.6 Å². The van der Waals surface area contributed by atoms with Gasteiger partial charge in [0.05, 0.1) is 5.75 Å². The van der Waals surface area contributed by atoms with Crippen molar-refractivity contribution in [1.82, 2.24) is 25.0 Å². The lowest BCUT2D eigenvalue weighted by atomic mass is 10.2. The van der Waals surface area contributed by atoms with E-state index in [1.54, 1.807) is 30.3 Å². The number of rotatable bonds is 7. The second-order valence-corrected chi connectivity index (χ2v) is 8.21. The molecule has 1 amide bonds. The maximum atomic E-state index is 13.9. The number of amides is 1. The van der Waals surface area contributed by atoms with Crippen LogP contribution in [-0.4, -0.2) is 36.6 Å². The molecule has 0 aliphatic rings. The zero-order valence-corrected chi connectivity index (χ0v) is 17.9. The van der Waals surface area contributed by atoms with E-state index in [9.17, 15) is 13.6 Å². The predicted molar refractivity (Wildman–Crippen MR) is 116 cm³/mol. The van der Waals surface area contributed by atoms with Crippen LogP contribution in [-0.2, 0) is 11.3 Å². The van der Waals surface area contributed by atoms with E-state index in [-0.39, 0.29) is 22.6 Å². The van der Waals surface area contributed by atoms with Crippen molar-refractivity contribution in [3.63, 3.8) is 0 Å². The summed E-state index contributed by atoms with van der Waals surface area (Å²) in [5.74, 6) is -0.342. The fourth-order valence-corrected chi connectivity index (χ4v) is 4.38. The van der Waals surface area contributed by atoms with Crippen molar-refractivity contribution in [2.75, 3.05) is 11.1 Å². The van der Waals surface area contributed by atoms with Gasteiger partial charge in [-0.1, -0.05) is 35.2 Å². The van der Waals surface area contributed by atoms with Gasteiger partial charge in [-0.15, -0.1) is 20.4 Å². The molecule has 4 aromatic rings. The van der Waals surface area contributed by atoms with Crippen molar-refractivity contribution in [2.24, 2.45) is 0 Å². The Morgan fingerprint density at radius 2 is 1.84 bits per heavy atom. The highest BCUT2D eigenvalue weighted by Gasteiger charge is 2.16. The molecule has 2 heterocycles. The highest BCUT2D eigenvalue weighted by molar-refractivity contribution is 7.99. The van der Waals surface area contributed by atoms with E-state index in [0.29, 0.717) is 28.1 Å². The predicted octanol–water partition coefficient (Wildman–Crippen LogP) is 4.49. The lowest BCUT2D eigenvalue weighted by Gasteiger charge is -2.07. The molecule has 0 atom stereocenters. The Morgan fingerprint density at radius 1 is 1.06 bits per heavy atom. The van der Waals surface area contributed by atoms with Crippen LogP contribution in [0.25, 0.3) is 22.0 Å². The number of hydrogen-bond donors (Lipinski definition) is 1.